The van der Waals surface area contributed by atoms with Crippen molar-refractivity contribution in [2.24, 2.45) is 5.92 Å². The Morgan fingerprint density at radius 3 is 2.45 bits per heavy atom. The first kappa shape index (κ1) is 16.5. The average molecular weight is 300 g/mol. The van der Waals surface area contributed by atoms with E-state index in [2.05, 4.69) is 10.0 Å². The molecule has 0 spiro atoms. The van der Waals surface area contributed by atoms with Crippen molar-refractivity contribution in [3.63, 3.8) is 0 Å². The lowest BCUT2D eigenvalue weighted by Gasteiger charge is -2.21. The van der Waals surface area contributed by atoms with E-state index in [0.717, 1.165) is 0 Å². The Balaban J connectivity index is 3.06. The molecule has 0 saturated carbocycles. The van der Waals surface area contributed by atoms with Gasteiger partial charge in [-0.05, 0) is 26.0 Å². The number of hydrogen-bond donors (Lipinski definition) is 3. The maximum Gasteiger partial charge on any atom is 0.308 e. The van der Waals surface area contributed by atoms with Gasteiger partial charge in [0.15, 0.2) is 0 Å². The number of anilines is 1. The van der Waals surface area contributed by atoms with E-state index in [4.69, 9.17) is 5.11 Å². The van der Waals surface area contributed by atoms with Crippen molar-refractivity contribution in [1.82, 2.24) is 4.72 Å². The molecule has 0 saturated heterocycles. The molecule has 0 aliphatic rings. The number of aliphatic carboxylic acids is 1. The second-order valence-electron chi connectivity index (χ2n) is 4.56. The smallest absolute Gasteiger partial charge is 0.308 e. The zero-order valence-electron chi connectivity index (χ0n) is 11.8. The van der Waals surface area contributed by atoms with Crippen LogP contribution in [0.2, 0.25) is 0 Å². The summed E-state index contributed by atoms with van der Waals surface area (Å²) in [4.78, 5) is 11.1. The molecular formula is C13H20N2O4S. The number of carboxylic acid groups (broad SMARTS) is 1. The van der Waals surface area contributed by atoms with Crippen LogP contribution in [0, 0.1) is 5.92 Å². The third-order valence-corrected chi connectivity index (χ3v) is 4.64. The Morgan fingerprint density at radius 1 is 1.30 bits per heavy atom. The van der Waals surface area contributed by atoms with Crippen LogP contribution >= 0.6 is 0 Å². The fourth-order valence-electron chi connectivity index (χ4n) is 1.67. The lowest BCUT2D eigenvalue weighted by Crippen LogP contribution is -2.31. The fraction of sp³-hybridized carbons (Fsp3) is 0.462. The first-order valence-electron chi connectivity index (χ1n) is 6.37. The minimum atomic E-state index is -3.59. The van der Waals surface area contributed by atoms with Gasteiger partial charge in [-0.2, -0.15) is 0 Å². The SMILES string of the molecule is CCNS(=O)(=O)c1ccccc1NC(C)C(C)C(=O)O. The number of rotatable bonds is 7. The van der Waals surface area contributed by atoms with Crippen LogP contribution in [-0.4, -0.2) is 32.1 Å². The highest BCUT2D eigenvalue weighted by atomic mass is 32.2. The second-order valence-corrected chi connectivity index (χ2v) is 6.29. The molecule has 0 amide bonds. The maximum absolute atomic E-state index is 12.1. The molecule has 7 heteroatoms. The fourth-order valence-corrected chi connectivity index (χ4v) is 2.88. The van der Waals surface area contributed by atoms with Gasteiger partial charge in [-0.3, -0.25) is 4.79 Å². The van der Waals surface area contributed by atoms with Gasteiger partial charge >= 0.3 is 5.97 Å². The van der Waals surface area contributed by atoms with Gasteiger partial charge in [0.2, 0.25) is 10.0 Å². The molecule has 3 N–H and O–H groups in total. The molecule has 1 aromatic rings. The van der Waals surface area contributed by atoms with Gasteiger partial charge in [-0.1, -0.05) is 19.1 Å². The molecule has 0 heterocycles. The van der Waals surface area contributed by atoms with Crippen LogP contribution in [0.1, 0.15) is 20.8 Å². The average Bonchev–Trinajstić information content (AvgIpc) is 2.38. The Labute approximate surface area is 119 Å². The van der Waals surface area contributed by atoms with Crippen LogP contribution < -0.4 is 10.0 Å². The predicted octanol–water partition coefficient (Wildman–Crippen LogP) is 1.51. The van der Waals surface area contributed by atoms with E-state index in [9.17, 15) is 13.2 Å². The molecule has 0 aliphatic heterocycles. The summed E-state index contributed by atoms with van der Waals surface area (Å²) in [6, 6.07) is 6.03. The van der Waals surface area contributed by atoms with Crippen molar-refractivity contribution >= 4 is 21.7 Å². The van der Waals surface area contributed by atoms with Gasteiger partial charge in [-0.25, -0.2) is 13.1 Å². The number of hydrogen-bond acceptors (Lipinski definition) is 4. The summed E-state index contributed by atoms with van der Waals surface area (Å²) >= 11 is 0. The van der Waals surface area contributed by atoms with Gasteiger partial charge in [0, 0.05) is 12.6 Å². The van der Waals surface area contributed by atoms with Crippen LogP contribution in [0.3, 0.4) is 0 Å². The van der Waals surface area contributed by atoms with E-state index < -0.39 is 28.0 Å². The lowest BCUT2D eigenvalue weighted by atomic mass is 10.0. The van der Waals surface area contributed by atoms with Crippen LogP contribution in [0.25, 0.3) is 0 Å². The molecule has 2 unspecified atom stereocenters. The van der Waals surface area contributed by atoms with Crippen LogP contribution in [0.4, 0.5) is 5.69 Å². The molecule has 20 heavy (non-hydrogen) atoms. The van der Waals surface area contributed by atoms with Crippen molar-refractivity contribution in [2.45, 2.75) is 31.7 Å². The topological polar surface area (TPSA) is 95.5 Å². The van der Waals surface area contributed by atoms with E-state index in [1.165, 1.54) is 6.07 Å². The summed E-state index contributed by atoms with van der Waals surface area (Å²) in [5, 5.41) is 11.9. The third kappa shape index (κ3) is 3.94. The van der Waals surface area contributed by atoms with Gasteiger partial charge < -0.3 is 10.4 Å². The zero-order valence-corrected chi connectivity index (χ0v) is 12.6. The molecule has 0 aromatic heterocycles. The molecule has 0 bridgehead atoms. The van der Waals surface area contributed by atoms with Gasteiger partial charge in [0.05, 0.1) is 11.6 Å². The molecular weight excluding hydrogens is 280 g/mol. The summed E-state index contributed by atoms with van der Waals surface area (Å²) in [7, 11) is -3.59. The highest BCUT2D eigenvalue weighted by Gasteiger charge is 2.22. The van der Waals surface area contributed by atoms with Crippen molar-refractivity contribution in [1.29, 1.82) is 0 Å². The second kappa shape index (κ2) is 6.71. The minimum absolute atomic E-state index is 0.117. The summed E-state index contributed by atoms with van der Waals surface area (Å²) < 4.78 is 26.6. The highest BCUT2D eigenvalue weighted by molar-refractivity contribution is 7.89. The first-order chi connectivity index (χ1) is 9.29. The summed E-state index contributed by atoms with van der Waals surface area (Å²) in [6.07, 6.45) is 0. The number of nitrogens with one attached hydrogen (secondary N) is 2. The summed E-state index contributed by atoms with van der Waals surface area (Å²) in [5.41, 5.74) is 0.397. The Morgan fingerprint density at radius 2 is 1.90 bits per heavy atom. The number of sulfonamides is 1. The quantitative estimate of drug-likeness (QED) is 0.709. The summed E-state index contributed by atoms with van der Waals surface area (Å²) in [5.74, 6) is -1.57. The molecule has 1 rings (SSSR count). The number of carboxylic acids is 1. The molecule has 0 radical (unpaired) electrons. The van der Waals surface area contributed by atoms with E-state index in [0.29, 0.717) is 5.69 Å². The molecule has 0 aliphatic carbocycles. The Hall–Kier alpha value is -1.60. The van der Waals surface area contributed by atoms with Crippen LogP contribution in [0.5, 0.6) is 0 Å². The largest absolute Gasteiger partial charge is 0.481 e. The highest BCUT2D eigenvalue weighted by Crippen LogP contribution is 2.22. The third-order valence-electron chi connectivity index (χ3n) is 3.03. The maximum atomic E-state index is 12.1. The van der Waals surface area contributed by atoms with E-state index in [1.807, 2.05) is 0 Å². The molecule has 1 aromatic carbocycles. The monoisotopic (exact) mass is 300 g/mol. The van der Waals surface area contributed by atoms with E-state index in [-0.39, 0.29) is 11.4 Å². The van der Waals surface area contributed by atoms with Gasteiger partial charge in [-0.15, -0.1) is 0 Å². The van der Waals surface area contributed by atoms with E-state index in [1.54, 1.807) is 39.0 Å². The van der Waals surface area contributed by atoms with E-state index >= 15 is 0 Å². The molecule has 0 fully saturated rings. The Kier molecular flexibility index (Phi) is 5.52. The molecule has 2 atom stereocenters. The first-order valence-corrected chi connectivity index (χ1v) is 7.86. The van der Waals surface area contributed by atoms with Crippen LogP contribution in [0.15, 0.2) is 29.2 Å². The number of benzene rings is 1. The number of para-hydroxylation sites is 1. The minimum Gasteiger partial charge on any atom is -0.481 e. The molecule has 112 valence electrons. The Bertz CT molecular complexity index is 571. The summed E-state index contributed by atoms with van der Waals surface area (Å²) in [6.45, 7) is 5.26. The number of carbonyl (C=O) groups is 1. The van der Waals surface area contributed by atoms with Crippen molar-refractivity contribution < 1.29 is 18.3 Å². The zero-order chi connectivity index (χ0) is 15.3. The van der Waals surface area contributed by atoms with Crippen molar-refractivity contribution in [3.8, 4) is 0 Å². The van der Waals surface area contributed by atoms with Gasteiger partial charge in [0.25, 0.3) is 0 Å². The predicted molar refractivity (Wildman–Crippen MR) is 77.2 cm³/mol. The lowest BCUT2D eigenvalue weighted by molar-refractivity contribution is -0.141. The molecule has 6 nitrogen and oxygen atoms in total. The standard InChI is InChI=1S/C13H20N2O4S/c1-4-14-20(18,19)12-8-6-5-7-11(12)15-10(3)9(2)13(16)17/h5-10,14-15H,4H2,1-3H3,(H,16,17). The van der Waals surface area contributed by atoms with Gasteiger partial charge in [0.1, 0.15) is 4.90 Å². The van der Waals surface area contributed by atoms with Crippen molar-refractivity contribution in [2.75, 3.05) is 11.9 Å². The van der Waals surface area contributed by atoms with Crippen molar-refractivity contribution in [3.05, 3.63) is 24.3 Å². The normalized spacial score (nSPS) is 14.6. The van der Waals surface area contributed by atoms with Crippen LogP contribution in [-0.2, 0) is 14.8 Å².